The van der Waals surface area contributed by atoms with Gasteiger partial charge >= 0.3 is 5.69 Å². The van der Waals surface area contributed by atoms with Crippen molar-refractivity contribution in [3.63, 3.8) is 0 Å². The molecule has 0 fully saturated rings. The molecule has 0 atom stereocenters. The van der Waals surface area contributed by atoms with E-state index < -0.39 is 16.4 Å². The molecule has 0 unspecified atom stereocenters. The Morgan fingerprint density at radius 3 is 2.77 bits per heavy atom. The summed E-state index contributed by atoms with van der Waals surface area (Å²) in [6.07, 6.45) is 2.68. The number of hydrogen-bond donors (Lipinski definition) is 2. The van der Waals surface area contributed by atoms with Crippen molar-refractivity contribution in [3.8, 4) is 17.0 Å². The number of nitrogens with zero attached hydrogens (tertiary/aromatic N) is 5. The molecule has 0 aliphatic rings. The van der Waals surface area contributed by atoms with E-state index in [9.17, 15) is 15.2 Å². The van der Waals surface area contributed by atoms with E-state index in [2.05, 4.69) is 25.7 Å². The van der Waals surface area contributed by atoms with Crippen molar-refractivity contribution >= 4 is 29.5 Å². The summed E-state index contributed by atoms with van der Waals surface area (Å²) in [5.41, 5.74) is 3.58. The van der Waals surface area contributed by atoms with Crippen LogP contribution in [0.4, 0.5) is 11.6 Å². The van der Waals surface area contributed by atoms with Crippen LogP contribution in [0.3, 0.4) is 0 Å². The van der Waals surface area contributed by atoms with Crippen molar-refractivity contribution in [2.45, 2.75) is 0 Å². The number of hydrazone groups is 1. The second-order valence-corrected chi connectivity index (χ2v) is 5.46. The molecular weight excluding hydrogens is 360 g/mol. The Morgan fingerprint density at radius 2 is 2.04 bits per heavy atom. The monoisotopic (exact) mass is 370 g/mol. The second kappa shape index (κ2) is 7.53. The van der Waals surface area contributed by atoms with Crippen LogP contribution >= 0.6 is 11.6 Å². The Hall–Kier alpha value is -3.59. The number of phenols is 1. The van der Waals surface area contributed by atoms with Crippen molar-refractivity contribution < 1.29 is 10.0 Å². The second-order valence-electron chi connectivity index (χ2n) is 5.02. The van der Waals surface area contributed by atoms with E-state index in [4.69, 9.17) is 11.6 Å². The van der Waals surface area contributed by atoms with Gasteiger partial charge in [0.05, 0.1) is 23.0 Å². The normalized spacial score (nSPS) is 10.8. The zero-order valence-corrected chi connectivity index (χ0v) is 13.8. The van der Waals surface area contributed by atoms with Gasteiger partial charge in [-0.15, -0.1) is 5.10 Å². The number of nitro groups is 1. The Balaban J connectivity index is 1.81. The zero-order chi connectivity index (χ0) is 18.5. The number of phenolic OH excluding ortho intramolecular Hbond substituents is 1. The van der Waals surface area contributed by atoms with E-state index in [1.165, 1.54) is 18.5 Å². The molecule has 0 aliphatic heterocycles. The van der Waals surface area contributed by atoms with Gasteiger partial charge in [0.15, 0.2) is 0 Å². The molecule has 1 aromatic heterocycles. The lowest BCUT2D eigenvalue weighted by Gasteiger charge is -2.03. The van der Waals surface area contributed by atoms with Crippen LogP contribution in [-0.2, 0) is 0 Å². The fourth-order valence-electron chi connectivity index (χ4n) is 2.10. The third-order valence-electron chi connectivity index (χ3n) is 3.28. The van der Waals surface area contributed by atoms with Gasteiger partial charge in [-0.3, -0.25) is 10.1 Å². The van der Waals surface area contributed by atoms with Gasteiger partial charge in [-0.25, -0.2) is 10.4 Å². The predicted molar refractivity (Wildman–Crippen MR) is 96.3 cm³/mol. The highest BCUT2D eigenvalue weighted by Gasteiger charge is 2.17. The van der Waals surface area contributed by atoms with Crippen LogP contribution in [0.15, 0.2) is 53.8 Å². The molecule has 0 bridgehead atoms. The summed E-state index contributed by atoms with van der Waals surface area (Å²) in [5.74, 6) is -0.416. The first kappa shape index (κ1) is 17.2. The summed E-state index contributed by atoms with van der Waals surface area (Å²) in [7, 11) is 0. The maximum Gasteiger partial charge on any atom is 0.312 e. The molecule has 0 aliphatic carbocycles. The minimum atomic E-state index is -0.734. The van der Waals surface area contributed by atoms with E-state index in [1.54, 1.807) is 0 Å². The summed E-state index contributed by atoms with van der Waals surface area (Å²) in [6, 6.07) is 11.8. The van der Waals surface area contributed by atoms with E-state index in [0.717, 1.165) is 11.6 Å². The lowest BCUT2D eigenvalue weighted by atomic mass is 10.2. The Kier molecular flexibility index (Phi) is 4.99. The maximum absolute atomic E-state index is 10.9. The molecule has 0 spiro atoms. The van der Waals surface area contributed by atoms with Gasteiger partial charge in [-0.1, -0.05) is 41.9 Å². The highest BCUT2D eigenvalue weighted by Crippen LogP contribution is 2.32. The number of rotatable bonds is 5. The number of aromatic hydroxyl groups is 1. The van der Waals surface area contributed by atoms with Crippen LogP contribution < -0.4 is 5.43 Å². The van der Waals surface area contributed by atoms with E-state index in [-0.39, 0.29) is 16.5 Å². The number of benzene rings is 2. The molecule has 1 heterocycles. The lowest BCUT2D eigenvalue weighted by molar-refractivity contribution is -0.385. The van der Waals surface area contributed by atoms with Gasteiger partial charge in [-0.05, 0) is 6.07 Å². The van der Waals surface area contributed by atoms with Crippen molar-refractivity contribution in [1.82, 2.24) is 15.2 Å². The van der Waals surface area contributed by atoms with E-state index in [0.29, 0.717) is 5.69 Å². The molecule has 0 amide bonds. The third kappa shape index (κ3) is 3.90. The molecule has 26 heavy (non-hydrogen) atoms. The minimum absolute atomic E-state index is 0.0730. The molecule has 0 radical (unpaired) electrons. The Bertz CT molecular complexity index is 981. The van der Waals surface area contributed by atoms with E-state index >= 15 is 0 Å². The number of hydrogen-bond acceptors (Lipinski definition) is 8. The first-order chi connectivity index (χ1) is 12.5. The average Bonchev–Trinajstić information content (AvgIpc) is 2.65. The van der Waals surface area contributed by atoms with Gasteiger partial charge in [0.25, 0.3) is 5.95 Å². The first-order valence-corrected chi connectivity index (χ1v) is 7.63. The smallest absolute Gasteiger partial charge is 0.312 e. The molecule has 130 valence electrons. The molecule has 2 aromatic carbocycles. The Morgan fingerprint density at radius 1 is 1.27 bits per heavy atom. The SMILES string of the molecule is O=[N+]([O-])c1cc(Cl)cc(/C=N/Nc2nncc(-c3ccccc3)n2)c1O. The molecule has 10 heteroatoms. The third-order valence-corrected chi connectivity index (χ3v) is 3.50. The molecular formula is C16H11ClN6O3. The highest BCUT2D eigenvalue weighted by molar-refractivity contribution is 6.31. The van der Waals surface area contributed by atoms with Gasteiger partial charge in [0, 0.05) is 22.2 Å². The maximum atomic E-state index is 10.9. The van der Waals surface area contributed by atoms with Gasteiger partial charge in [0.2, 0.25) is 5.75 Å². The molecule has 9 nitrogen and oxygen atoms in total. The van der Waals surface area contributed by atoms with Gasteiger partial charge in [0.1, 0.15) is 0 Å². The molecule has 0 saturated heterocycles. The largest absolute Gasteiger partial charge is 0.502 e. The van der Waals surface area contributed by atoms with Crippen LogP contribution in [-0.4, -0.2) is 31.4 Å². The summed E-state index contributed by atoms with van der Waals surface area (Å²) in [5, 5.41) is 32.4. The van der Waals surface area contributed by atoms with Crippen LogP contribution in [0.1, 0.15) is 5.56 Å². The van der Waals surface area contributed by atoms with Gasteiger partial charge in [-0.2, -0.15) is 10.2 Å². The van der Waals surface area contributed by atoms with Crippen molar-refractivity contribution in [3.05, 3.63) is 69.4 Å². The quantitative estimate of drug-likeness (QED) is 0.401. The number of nitrogens with one attached hydrogen (secondary N) is 1. The number of aromatic nitrogens is 3. The topological polar surface area (TPSA) is 126 Å². The summed E-state index contributed by atoms with van der Waals surface area (Å²) in [6.45, 7) is 0. The zero-order valence-electron chi connectivity index (χ0n) is 13.1. The number of halogens is 1. The summed E-state index contributed by atoms with van der Waals surface area (Å²) in [4.78, 5) is 14.4. The standard InChI is InChI=1S/C16H11ClN6O3/c17-12-6-11(15(24)14(7-12)23(25)26)8-18-21-16-20-13(9-19-22-16)10-4-2-1-3-5-10/h1-9,24H,(H,20,21,22)/b18-8+. The lowest BCUT2D eigenvalue weighted by Crippen LogP contribution is -2.00. The summed E-state index contributed by atoms with van der Waals surface area (Å²) >= 11 is 5.82. The minimum Gasteiger partial charge on any atom is -0.502 e. The fourth-order valence-corrected chi connectivity index (χ4v) is 2.32. The average molecular weight is 371 g/mol. The molecule has 3 rings (SSSR count). The summed E-state index contributed by atoms with van der Waals surface area (Å²) < 4.78 is 0. The van der Waals surface area contributed by atoms with Crippen molar-refractivity contribution in [1.29, 1.82) is 0 Å². The van der Waals surface area contributed by atoms with Crippen LogP contribution in [0.2, 0.25) is 5.02 Å². The molecule has 3 aromatic rings. The number of nitro benzene ring substituents is 1. The van der Waals surface area contributed by atoms with Crippen LogP contribution in [0.25, 0.3) is 11.3 Å². The van der Waals surface area contributed by atoms with Gasteiger partial charge < -0.3 is 5.11 Å². The van der Waals surface area contributed by atoms with Crippen LogP contribution in [0, 0.1) is 10.1 Å². The fraction of sp³-hybridized carbons (Fsp3) is 0. The van der Waals surface area contributed by atoms with Crippen LogP contribution in [0.5, 0.6) is 5.75 Å². The molecule has 0 saturated carbocycles. The van der Waals surface area contributed by atoms with E-state index in [1.807, 2.05) is 30.3 Å². The first-order valence-electron chi connectivity index (χ1n) is 7.25. The predicted octanol–water partition coefficient (Wildman–Crippen LogP) is 3.25. The van der Waals surface area contributed by atoms with Crippen molar-refractivity contribution in [2.24, 2.45) is 5.10 Å². The Labute approximate surface area is 152 Å². The van der Waals surface area contributed by atoms with Crippen molar-refractivity contribution in [2.75, 3.05) is 5.43 Å². The molecule has 2 N–H and O–H groups in total. The number of anilines is 1. The highest BCUT2D eigenvalue weighted by atomic mass is 35.5.